The molecule has 3 aromatic heterocycles. The molecule has 0 aliphatic heterocycles. The van der Waals surface area contributed by atoms with Crippen LogP contribution in [0.5, 0.6) is 0 Å². The third-order valence-corrected chi connectivity index (χ3v) is 5.20. The van der Waals surface area contributed by atoms with Crippen LogP contribution < -0.4 is 4.57 Å². The summed E-state index contributed by atoms with van der Waals surface area (Å²) < 4.78 is 7.20. The summed E-state index contributed by atoms with van der Waals surface area (Å²) in [5.74, 6) is 1.41. The maximum atomic E-state index is 5.22. The number of rotatable bonds is 4. The van der Waals surface area contributed by atoms with Gasteiger partial charge in [0.1, 0.15) is 16.9 Å². The number of imidazole rings is 1. The van der Waals surface area contributed by atoms with Gasteiger partial charge in [0.05, 0.1) is 0 Å². The Morgan fingerprint density at radius 1 is 0.931 bits per heavy atom. The molecule has 1 N–H and O–H groups in total. The summed E-state index contributed by atoms with van der Waals surface area (Å²) in [6.07, 6.45) is 5.30. The first-order valence-corrected chi connectivity index (χ1v) is 9.48. The average molecular weight is 382 g/mol. The highest BCUT2D eigenvalue weighted by Crippen LogP contribution is 2.26. The Morgan fingerprint density at radius 2 is 1.72 bits per heavy atom. The number of fused-ring (bicyclic) bond motifs is 1. The minimum atomic E-state index is 0.523. The van der Waals surface area contributed by atoms with Crippen LogP contribution in [0, 0.1) is 13.8 Å². The predicted octanol–water partition coefficient (Wildman–Crippen LogP) is 4.23. The van der Waals surface area contributed by atoms with Crippen LogP contribution in [0.2, 0.25) is 0 Å². The second kappa shape index (κ2) is 6.98. The van der Waals surface area contributed by atoms with Crippen molar-refractivity contribution in [2.75, 3.05) is 0 Å². The van der Waals surface area contributed by atoms with Crippen LogP contribution in [0.1, 0.15) is 17.0 Å². The molecule has 142 valence electrons. The van der Waals surface area contributed by atoms with Gasteiger partial charge in [0.2, 0.25) is 12.9 Å². The van der Waals surface area contributed by atoms with Gasteiger partial charge in [0.15, 0.2) is 12.4 Å². The first-order chi connectivity index (χ1) is 14.2. The van der Waals surface area contributed by atoms with Gasteiger partial charge in [0, 0.05) is 11.6 Å². The van der Waals surface area contributed by atoms with Crippen molar-refractivity contribution in [1.29, 1.82) is 0 Å². The van der Waals surface area contributed by atoms with Crippen LogP contribution in [-0.4, -0.2) is 20.2 Å². The lowest BCUT2D eigenvalue weighted by Crippen LogP contribution is -2.33. The number of hydrogen-bond donors (Lipinski definition) is 1. The molecule has 5 aromatic rings. The molecule has 2 aromatic carbocycles. The molecule has 0 unspecified atom stereocenters. The molecular formula is C23H20N5O+. The molecule has 6 heteroatoms. The van der Waals surface area contributed by atoms with E-state index in [1.165, 1.54) is 28.6 Å². The quantitative estimate of drug-likeness (QED) is 0.472. The van der Waals surface area contributed by atoms with Crippen LogP contribution in [0.15, 0.2) is 71.7 Å². The lowest BCUT2D eigenvalue weighted by Gasteiger charge is -2.06. The van der Waals surface area contributed by atoms with Crippen molar-refractivity contribution in [2.24, 2.45) is 0 Å². The first-order valence-electron chi connectivity index (χ1n) is 9.48. The van der Waals surface area contributed by atoms with E-state index in [0.29, 0.717) is 12.4 Å². The zero-order chi connectivity index (χ0) is 19.8. The summed E-state index contributed by atoms with van der Waals surface area (Å²) in [5.41, 5.74) is 7.97. The molecule has 0 saturated carbocycles. The summed E-state index contributed by atoms with van der Waals surface area (Å²) in [4.78, 5) is 8.14. The number of pyridine rings is 1. The van der Waals surface area contributed by atoms with Gasteiger partial charge in [-0.15, -0.1) is 10.2 Å². The van der Waals surface area contributed by atoms with Gasteiger partial charge >= 0.3 is 0 Å². The van der Waals surface area contributed by atoms with E-state index in [0.717, 1.165) is 22.4 Å². The molecule has 0 spiro atoms. The van der Waals surface area contributed by atoms with E-state index in [9.17, 15) is 0 Å². The number of nitrogens with zero attached hydrogens (tertiary/aromatic N) is 4. The zero-order valence-electron chi connectivity index (χ0n) is 16.3. The number of benzene rings is 2. The van der Waals surface area contributed by atoms with Gasteiger partial charge < -0.3 is 9.40 Å². The van der Waals surface area contributed by atoms with Crippen molar-refractivity contribution in [3.05, 3.63) is 84.3 Å². The standard InChI is InChI=1S/C23H19N5O/c1-15-3-4-19(11-16(15)2)17-5-7-18(8-6-17)23-25-20-9-10-28(12-21(20)26-23)13-22-27-24-14-29-22/h3-12,14H,13H2,1-2H3/p+1. The fourth-order valence-corrected chi connectivity index (χ4v) is 3.40. The van der Waals surface area contributed by atoms with Gasteiger partial charge in [-0.1, -0.05) is 42.5 Å². The Balaban J connectivity index is 1.43. The smallest absolute Gasteiger partial charge is 0.282 e. The van der Waals surface area contributed by atoms with Gasteiger partial charge in [-0.25, -0.2) is 4.98 Å². The molecule has 6 nitrogen and oxygen atoms in total. The molecule has 0 amide bonds. The Labute approximate surface area is 167 Å². The van der Waals surface area contributed by atoms with E-state index in [4.69, 9.17) is 9.40 Å². The third kappa shape index (κ3) is 3.40. The lowest BCUT2D eigenvalue weighted by atomic mass is 9.99. The zero-order valence-corrected chi connectivity index (χ0v) is 16.3. The third-order valence-electron chi connectivity index (χ3n) is 5.20. The van der Waals surface area contributed by atoms with Crippen molar-refractivity contribution >= 4 is 11.0 Å². The van der Waals surface area contributed by atoms with Crippen molar-refractivity contribution in [3.63, 3.8) is 0 Å². The van der Waals surface area contributed by atoms with E-state index in [1.54, 1.807) is 0 Å². The molecular weight excluding hydrogens is 362 g/mol. The maximum Gasteiger partial charge on any atom is 0.282 e. The molecule has 0 aliphatic rings. The van der Waals surface area contributed by atoms with Crippen molar-refractivity contribution in [3.8, 4) is 22.5 Å². The van der Waals surface area contributed by atoms with Crippen LogP contribution in [-0.2, 0) is 6.54 Å². The van der Waals surface area contributed by atoms with Gasteiger partial charge in [0.25, 0.3) is 5.89 Å². The van der Waals surface area contributed by atoms with Gasteiger partial charge in [-0.05, 0) is 36.1 Å². The van der Waals surface area contributed by atoms with Crippen LogP contribution in [0.25, 0.3) is 33.5 Å². The van der Waals surface area contributed by atoms with Gasteiger partial charge in [-0.2, -0.15) is 4.57 Å². The minimum absolute atomic E-state index is 0.523. The highest BCUT2D eigenvalue weighted by Gasteiger charge is 2.12. The molecule has 5 rings (SSSR count). The normalized spacial score (nSPS) is 11.2. The monoisotopic (exact) mass is 382 g/mol. The fraction of sp³-hybridized carbons (Fsp3) is 0.130. The Bertz CT molecular complexity index is 1290. The highest BCUT2D eigenvalue weighted by molar-refractivity contribution is 5.78. The molecule has 3 heterocycles. The lowest BCUT2D eigenvalue weighted by molar-refractivity contribution is -0.689. The number of aromatic nitrogens is 5. The number of aryl methyl sites for hydroxylation is 2. The second-order valence-electron chi connectivity index (χ2n) is 7.21. The molecule has 0 saturated heterocycles. The van der Waals surface area contributed by atoms with E-state index >= 15 is 0 Å². The van der Waals surface area contributed by atoms with Crippen LogP contribution in [0.4, 0.5) is 0 Å². The van der Waals surface area contributed by atoms with Crippen molar-refractivity contribution in [2.45, 2.75) is 20.4 Å². The molecule has 0 atom stereocenters. The second-order valence-corrected chi connectivity index (χ2v) is 7.21. The summed E-state index contributed by atoms with van der Waals surface area (Å²) in [5, 5.41) is 7.64. The predicted molar refractivity (Wildman–Crippen MR) is 110 cm³/mol. The van der Waals surface area contributed by atoms with Crippen molar-refractivity contribution in [1.82, 2.24) is 20.2 Å². The van der Waals surface area contributed by atoms with Gasteiger partial charge in [-0.3, -0.25) is 0 Å². The summed E-state index contributed by atoms with van der Waals surface area (Å²) in [6.45, 7) is 4.80. The van der Waals surface area contributed by atoms with E-state index in [-0.39, 0.29) is 0 Å². The number of aromatic amines is 1. The first kappa shape index (κ1) is 17.3. The molecule has 0 aliphatic carbocycles. The maximum absolute atomic E-state index is 5.22. The summed E-state index contributed by atoms with van der Waals surface area (Å²) >= 11 is 0. The number of hydrogen-bond acceptors (Lipinski definition) is 4. The van der Waals surface area contributed by atoms with Crippen LogP contribution >= 0.6 is 0 Å². The molecule has 0 fully saturated rings. The fourth-order valence-electron chi connectivity index (χ4n) is 3.40. The van der Waals surface area contributed by atoms with E-state index in [1.807, 2.05) is 23.0 Å². The topological polar surface area (TPSA) is 71.5 Å². The Kier molecular flexibility index (Phi) is 4.17. The largest absolute Gasteiger partial charge is 0.422 e. The summed E-state index contributed by atoms with van der Waals surface area (Å²) in [7, 11) is 0. The summed E-state index contributed by atoms with van der Waals surface area (Å²) in [6, 6.07) is 17.0. The van der Waals surface area contributed by atoms with E-state index < -0.39 is 0 Å². The van der Waals surface area contributed by atoms with Crippen LogP contribution in [0.3, 0.4) is 0 Å². The molecule has 0 radical (unpaired) electrons. The number of nitrogens with one attached hydrogen (secondary N) is 1. The molecule has 0 bridgehead atoms. The Morgan fingerprint density at radius 3 is 2.48 bits per heavy atom. The number of H-pyrrole nitrogens is 1. The SMILES string of the molecule is Cc1ccc(-c2ccc(-c3nc4cc[n+](Cc5nnco5)cc4[nH]3)cc2)cc1C. The van der Waals surface area contributed by atoms with Crippen molar-refractivity contribution < 1.29 is 8.98 Å². The van der Waals surface area contributed by atoms with E-state index in [2.05, 4.69) is 71.5 Å². The molecule has 29 heavy (non-hydrogen) atoms. The Hall–Kier alpha value is -3.80. The minimum Gasteiger partial charge on any atom is -0.422 e. The average Bonchev–Trinajstić information content (AvgIpc) is 3.40. The highest BCUT2D eigenvalue weighted by atomic mass is 16.4.